The molecule has 1 aromatic carbocycles. The second kappa shape index (κ2) is 6.96. The monoisotopic (exact) mass is 352 g/mol. The Morgan fingerprint density at radius 2 is 2.04 bits per heavy atom. The van der Waals surface area contributed by atoms with Crippen LogP contribution in [0.15, 0.2) is 29.4 Å². The van der Waals surface area contributed by atoms with E-state index in [1.165, 1.54) is 0 Å². The summed E-state index contributed by atoms with van der Waals surface area (Å²) in [7, 11) is 0. The molecule has 7 heteroatoms. The number of carbonyl (C=O) groups is 1. The number of fused-ring (bicyclic) bond motifs is 1. The van der Waals surface area contributed by atoms with E-state index in [1.54, 1.807) is 11.0 Å². The molecule has 1 aromatic rings. The summed E-state index contributed by atoms with van der Waals surface area (Å²) in [6, 6.07) is 9.60. The van der Waals surface area contributed by atoms with Crippen molar-refractivity contribution in [1.82, 2.24) is 14.8 Å². The van der Waals surface area contributed by atoms with Crippen LogP contribution in [0.25, 0.3) is 0 Å². The molecule has 136 valence electrons. The summed E-state index contributed by atoms with van der Waals surface area (Å²) < 4.78 is 0. The predicted molar refractivity (Wildman–Crippen MR) is 97.7 cm³/mol. The van der Waals surface area contributed by atoms with Gasteiger partial charge in [-0.05, 0) is 37.3 Å². The van der Waals surface area contributed by atoms with E-state index < -0.39 is 0 Å². The number of carbonyl (C=O) groups excluding carboxylic acids is 1. The topological polar surface area (TPSA) is 89.0 Å². The number of hydrogen-bond acceptors (Lipinski definition) is 6. The summed E-state index contributed by atoms with van der Waals surface area (Å²) in [6.07, 6.45) is 3.82. The number of nitrogens with zero attached hydrogens (tertiary/aromatic N) is 5. The smallest absolute Gasteiger partial charge is 0.254 e. The van der Waals surface area contributed by atoms with Gasteiger partial charge < -0.3 is 10.6 Å². The molecular weight excluding hydrogens is 328 g/mol. The number of amides is 1. The van der Waals surface area contributed by atoms with Gasteiger partial charge in [0.2, 0.25) is 5.96 Å². The van der Waals surface area contributed by atoms with Gasteiger partial charge in [0.15, 0.2) is 0 Å². The average Bonchev–Trinajstić information content (AvgIpc) is 3.13. The Bertz CT molecular complexity index is 770. The number of benzene rings is 1. The Hall–Kier alpha value is -2.59. The lowest BCUT2D eigenvalue weighted by atomic mass is 10.1. The van der Waals surface area contributed by atoms with Crippen molar-refractivity contribution in [2.45, 2.75) is 44.3 Å². The molecule has 1 amide bonds. The van der Waals surface area contributed by atoms with Crippen LogP contribution in [0.2, 0.25) is 0 Å². The molecule has 0 bridgehead atoms. The predicted octanol–water partition coefficient (Wildman–Crippen LogP) is 1.06. The van der Waals surface area contributed by atoms with Crippen molar-refractivity contribution in [3.63, 3.8) is 0 Å². The van der Waals surface area contributed by atoms with E-state index in [9.17, 15) is 10.1 Å². The summed E-state index contributed by atoms with van der Waals surface area (Å²) in [5, 5.41) is 16.2. The molecule has 7 nitrogen and oxygen atoms in total. The highest BCUT2D eigenvalue weighted by Gasteiger charge is 2.41. The van der Waals surface area contributed by atoms with Crippen LogP contribution in [0.5, 0.6) is 0 Å². The highest BCUT2D eigenvalue weighted by molar-refractivity contribution is 6.01. The lowest BCUT2D eigenvalue weighted by Crippen LogP contribution is -2.59. The third-order valence-electron chi connectivity index (χ3n) is 5.44. The van der Waals surface area contributed by atoms with Crippen LogP contribution >= 0.6 is 0 Å². The molecule has 3 aliphatic heterocycles. The van der Waals surface area contributed by atoms with E-state index in [4.69, 9.17) is 10.8 Å². The van der Waals surface area contributed by atoms with Gasteiger partial charge in [-0.1, -0.05) is 18.2 Å². The van der Waals surface area contributed by atoms with Gasteiger partial charge in [0.1, 0.15) is 6.04 Å². The minimum atomic E-state index is -0.175. The maximum atomic E-state index is 13.2. The zero-order chi connectivity index (χ0) is 18.1. The second-order valence-electron chi connectivity index (χ2n) is 7.26. The lowest BCUT2D eigenvalue weighted by molar-refractivity contribution is -0.134. The average molecular weight is 352 g/mol. The molecule has 2 saturated heterocycles. The van der Waals surface area contributed by atoms with Crippen LogP contribution in [0.3, 0.4) is 0 Å². The first-order valence-corrected chi connectivity index (χ1v) is 9.32. The molecule has 0 spiro atoms. The molecule has 0 saturated carbocycles. The maximum absolute atomic E-state index is 13.2. The maximum Gasteiger partial charge on any atom is 0.254 e. The normalized spacial score (nSPS) is 25.8. The van der Waals surface area contributed by atoms with Gasteiger partial charge in [0, 0.05) is 25.7 Å². The van der Waals surface area contributed by atoms with E-state index in [0.717, 1.165) is 44.3 Å². The number of likely N-dealkylation sites (tertiary alicyclic amines) is 1. The molecule has 2 atom stereocenters. The first-order valence-electron chi connectivity index (χ1n) is 9.32. The Kier molecular flexibility index (Phi) is 4.51. The van der Waals surface area contributed by atoms with Crippen molar-refractivity contribution in [3.8, 4) is 6.07 Å². The number of nitriles is 1. The Labute approximate surface area is 153 Å². The first-order chi connectivity index (χ1) is 12.7. The van der Waals surface area contributed by atoms with Gasteiger partial charge in [0.05, 0.1) is 18.2 Å². The molecule has 2 fully saturated rings. The lowest BCUT2D eigenvalue weighted by Gasteiger charge is -2.42. The van der Waals surface area contributed by atoms with Crippen molar-refractivity contribution >= 4 is 11.9 Å². The summed E-state index contributed by atoms with van der Waals surface area (Å²) in [4.78, 5) is 17.1. The number of nitrogens with two attached hydrogens (primary N) is 1. The fourth-order valence-electron chi connectivity index (χ4n) is 4.08. The SMILES string of the molecule is N#Cc1ccccc1CN1C(=O)C2CCCN2N=C1N1CCCC(N)C1. The Morgan fingerprint density at radius 3 is 2.85 bits per heavy atom. The molecule has 26 heavy (non-hydrogen) atoms. The van der Waals surface area contributed by atoms with Crippen molar-refractivity contribution in [3.05, 3.63) is 35.4 Å². The van der Waals surface area contributed by atoms with Gasteiger partial charge in [-0.2, -0.15) is 5.26 Å². The van der Waals surface area contributed by atoms with E-state index in [1.807, 2.05) is 23.2 Å². The Morgan fingerprint density at radius 1 is 1.23 bits per heavy atom. The van der Waals surface area contributed by atoms with E-state index in [2.05, 4.69) is 11.0 Å². The Balaban J connectivity index is 1.68. The first kappa shape index (κ1) is 16.9. The van der Waals surface area contributed by atoms with Crippen LogP contribution in [0, 0.1) is 11.3 Å². The van der Waals surface area contributed by atoms with Crippen LogP contribution in [0.4, 0.5) is 0 Å². The molecular formula is C19H24N6O. The molecule has 3 heterocycles. The van der Waals surface area contributed by atoms with Crippen molar-refractivity contribution in [2.24, 2.45) is 10.8 Å². The quantitative estimate of drug-likeness (QED) is 0.860. The molecule has 0 aromatic heterocycles. The largest absolute Gasteiger partial charge is 0.339 e. The zero-order valence-electron chi connectivity index (χ0n) is 14.8. The van der Waals surface area contributed by atoms with Crippen LogP contribution in [0.1, 0.15) is 36.8 Å². The highest BCUT2D eigenvalue weighted by atomic mass is 16.2. The number of hydrogen-bond donors (Lipinski definition) is 1. The zero-order valence-corrected chi connectivity index (χ0v) is 14.8. The summed E-state index contributed by atoms with van der Waals surface area (Å²) in [5.41, 5.74) is 7.61. The van der Waals surface area contributed by atoms with Crippen LogP contribution in [-0.2, 0) is 11.3 Å². The van der Waals surface area contributed by atoms with E-state index in [-0.39, 0.29) is 18.0 Å². The van der Waals surface area contributed by atoms with Gasteiger partial charge in [-0.3, -0.25) is 14.7 Å². The van der Waals surface area contributed by atoms with Gasteiger partial charge in [0.25, 0.3) is 5.91 Å². The second-order valence-corrected chi connectivity index (χ2v) is 7.26. The number of rotatable bonds is 2. The fraction of sp³-hybridized carbons (Fsp3) is 0.526. The third kappa shape index (κ3) is 3.01. The standard InChI is InChI=1S/C19H24N6O/c20-11-14-5-1-2-6-15(14)12-24-18(26)17-8-4-10-25(17)22-19(24)23-9-3-7-16(21)13-23/h1-2,5-6,16-17H,3-4,7-10,12-13,21H2. The minimum absolute atomic E-state index is 0.0828. The molecule has 0 aliphatic carbocycles. The third-order valence-corrected chi connectivity index (χ3v) is 5.44. The van der Waals surface area contributed by atoms with Crippen LogP contribution < -0.4 is 5.73 Å². The molecule has 2 N–H and O–H groups in total. The molecule has 3 aliphatic rings. The van der Waals surface area contributed by atoms with Crippen molar-refractivity contribution in [2.75, 3.05) is 19.6 Å². The molecule has 0 radical (unpaired) electrons. The van der Waals surface area contributed by atoms with Gasteiger partial charge >= 0.3 is 0 Å². The van der Waals surface area contributed by atoms with Gasteiger partial charge in [-0.15, -0.1) is 5.10 Å². The number of hydrazone groups is 1. The van der Waals surface area contributed by atoms with E-state index >= 15 is 0 Å². The molecule has 4 rings (SSSR count). The summed E-state index contributed by atoms with van der Waals surface area (Å²) >= 11 is 0. The molecule has 2 unspecified atom stereocenters. The van der Waals surface area contributed by atoms with Gasteiger partial charge in [-0.25, -0.2) is 0 Å². The van der Waals surface area contributed by atoms with Crippen molar-refractivity contribution < 1.29 is 4.79 Å². The number of guanidine groups is 1. The fourth-order valence-corrected chi connectivity index (χ4v) is 4.08. The van der Waals surface area contributed by atoms with Crippen molar-refractivity contribution in [1.29, 1.82) is 5.26 Å². The minimum Gasteiger partial charge on any atom is -0.339 e. The number of piperidine rings is 1. The summed E-state index contributed by atoms with van der Waals surface area (Å²) in [5.74, 6) is 0.774. The highest BCUT2D eigenvalue weighted by Crippen LogP contribution is 2.27. The summed E-state index contributed by atoms with van der Waals surface area (Å²) in [6.45, 7) is 2.76. The van der Waals surface area contributed by atoms with Crippen LogP contribution in [-0.4, -0.2) is 58.4 Å². The van der Waals surface area contributed by atoms with E-state index in [0.29, 0.717) is 24.6 Å².